The lowest BCUT2D eigenvalue weighted by Crippen LogP contribution is -2.54. The van der Waals surface area contributed by atoms with E-state index in [1.807, 2.05) is 13.8 Å². The molecule has 0 aromatic rings. The van der Waals surface area contributed by atoms with Gasteiger partial charge in [0.1, 0.15) is 11.5 Å². The molecule has 2 aliphatic heterocycles. The topological polar surface area (TPSA) is 65.0 Å². The molecular weight excluding hydrogens is 248 g/mol. The highest BCUT2D eigenvalue weighted by atomic mass is 16.7. The lowest BCUT2D eigenvalue weighted by atomic mass is 9.67. The van der Waals surface area contributed by atoms with Crippen LogP contribution in [-0.4, -0.2) is 42.8 Å². The third-order valence-electron chi connectivity index (χ3n) is 4.61. The van der Waals surface area contributed by atoms with Crippen LogP contribution < -0.4 is 0 Å². The van der Waals surface area contributed by atoms with Crippen LogP contribution in [-0.2, 0) is 19.0 Å². The predicted molar refractivity (Wildman–Crippen MR) is 68.2 cm³/mol. The minimum Gasteiger partial charge on any atom is -0.457 e. The standard InChI is InChI=1S/C14H22O5/c1-6-9-11-10(7-15)19-14(17-5,8(2)3)13(11,4)12(16)18-9/h6,8-11,15H,1,7H2,2-5H3/t9-,10+,11+,13-,14-/m1/s1. The first kappa shape index (κ1) is 14.5. The van der Waals surface area contributed by atoms with Crippen LogP contribution in [0.15, 0.2) is 12.7 Å². The molecular formula is C14H22O5. The highest BCUT2D eigenvalue weighted by Gasteiger charge is 2.74. The van der Waals surface area contributed by atoms with E-state index in [4.69, 9.17) is 14.2 Å². The number of hydrogen-bond donors (Lipinski definition) is 1. The minimum atomic E-state index is -1.08. The first-order valence-electron chi connectivity index (χ1n) is 6.56. The second-order valence-electron chi connectivity index (χ2n) is 5.70. The number of hydrogen-bond acceptors (Lipinski definition) is 5. The molecule has 0 radical (unpaired) electrons. The Balaban J connectivity index is 2.57. The predicted octanol–water partition coefficient (Wildman–Crippen LogP) is 1.11. The van der Waals surface area contributed by atoms with E-state index in [1.54, 1.807) is 13.0 Å². The van der Waals surface area contributed by atoms with Gasteiger partial charge in [-0.05, 0) is 6.92 Å². The van der Waals surface area contributed by atoms with E-state index in [-0.39, 0.29) is 24.4 Å². The summed E-state index contributed by atoms with van der Waals surface area (Å²) in [6, 6.07) is 0. The fraction of sp³-hybridized carbons (Fsp3) is 0.786. The van der Waals surface area contributed by atoms with Crippen molar-refractivity contribution in [1.29, 1.82) is 0 Å². The van der Waals surface area contributed by atoms with Crippen molar-refractivity contribution in [3.8, 4) is 0 Å². The average Bonchev–Trinajstić information content (AvgIpc) is 2.80. The number of aliphatic hydroxyl groups is 1. The summed E-state index contributed by atoms with van der Waals surface area (Å²) >= 11 is 0. The Labute approximate surface area is 113 Å². The van der Waals surface area contributed by atoms with Crippen molar-refractivity contribution in [2.75, 3.05) is 13.7 Å². The molecule has 2 fully saturated rings. The van der Waals surface area contributed by atoms with Gasteiger partial charge in [0.2, 0.25) is 0 Å². The number of rotatable bonds is 4. The van der Waals surface area contributed by atoms with Crippen LogP contribution >= 0.6 is 0 Å². The molecule has 5 heteroatoms. The number of carbonyl (C=O) groups excluding carboxylic acids is 1. The molecule has 0 aromatic carbocycles. The van der Waals surface area contributed by atoms with Gasteiger partial charge in [-0.1, -0.05) is 26.5 Å². The molecule has 19 heavy (non-hydrogen) atoms. The average molecular weight is 270 g/mol. The van der Waals surface area contributed by atoms with Crippen LogP contribution in [0.2, 0.25) is 0 Å². The molecule has 2 aliphatic rings. The molecule has 0 unspecified atom stereocenters. The normalized spacial score (nSPS) is 45.4. The molecule has 0 spiro atoms. The first-order valence-corrected chi connectivity index (χ1v) is 6.56. The molecule has 0 bridgehead atoms. The fourth-order valence-electron chi connectivity index (χ4n) is 3.74. The molecule has 2 heterocycles. The summed E-state index contributed by atoms with van der Waals surface area (Å²) in [4.78, 5) is 12.4. The van der Waals surface area contributed by atoms with Crippen LogP contribution in [0.5, 0.6) is 0 Å². The van der Waals surface area contributed by atoms with E-state index < -0.39 is 23.4 Å². The van der Waals surface area contributed by atoms with E-state index in [0.29, 0.717) is 0 Å². The second kappa shape index (κ2) is 4.58. The van der Waals surface area contributed by atoms with Gasteiger partial charge in [0, 0.05) is 18.9 Å². The monoisotopic (exact) mass is 270 g/mol. The zero-order chi connectivity index (χ0) is 14.4. The molecule has 5 nitrogen and oxygen atoms in total. The fourth-order valence-corrected chi connectivity index (χ4v) is 3.74. The number of carbonyl (C=O) groups is 1. The SMILES string of the molecule is C=C[C@H]1OC(=O)[C@@]2(C)[C@@H]1[C@H](CO)O[C@]2(OC)C(C)C. The number of aliphatic hydroxyl groups excluding tert-OH is 1. The highest BCUT2D eigenvalue weighted by molar-refractivity contribution is 5.82. The van der Waals surface area contributed by atoms with Gasteiger partial charge in [0.25, 0.3) is 0 Å². The summed E-state index contributed by atoms with van der Waals surface area (Å²) in [5.41, 5.74) is -0.942. The van der Waals surface area contributed by atoms with Crippen LogP contribution in [0.1, 0.15) is 20.8 Å². The lowest BCUT2D eigenvalue weighted by Gasteiger charge is -2.40. The van der Waals surface area contributed by atoms with E-state index in [0.717, 1.165) is 0 Å². The van der Waals surface area contributed by atoms with E-state index in [1.165, 1.54) is 7.11 Å². The van der Waals surface area contributed by atoms with E-state index in [9.17, 15) is 9.90 Å². The van der Waals surface area contributed by atoms with Crippen molar-refractivity contribution in [2.45, 2.75) is 38.8 Å². The molecule has 5 atom stereocenters. The zero-order valence-electron chi connectivity index (χ0n) is 11.9. The Morgan fingerprint density at radius 1 is 1.58 bits per heavy atom. The summed E-state index contributed by atoms with van der Waals surface area (Å²) < 4.78 is 17.0. The maximum atomic E-state index is 12.4. The third-order valence-corrected chi connectivity index (χ3v) is 4.61. The second-order valence-corrected chi connectivity index (χ2v) is 5.70. The van der Waals surface area contributed by atoms with E-state index >= 15 is 0 Å². The van der Waals surface area contributed by atoms with Gasteiger partial charge in [-0.3, -0.25) is 4.79 Å². The van der Waals surface area contributed by atoms with Crippen molar-refractivity contribution in [2.24, 2.45) is 17.3 Å². The summed E-state index contributed by atoms with van der Waals surface area (Å²) in [7, 11) is 1.52. The van der Waals surface area contributed by atoms with Gasteiger partial charge >= 0.3 is 5.97 Å². The van der Waals surface area contributed by atoms with Gasteiger partial charge in [-0.15, -0.1) is 0 Å². The Morgan fingerprint density at radius 3 is 2.63 bits per heavy atom. The Morgan fingerprint density at radius 2 is 2.21 bits per heavy atom. The van der Waals surface area contributed by atoms with Crippen LogP contribution in [0.4, 0.5) is 0 Å². The summed E-state index contributed by atoms with van der Waals surface area (Å²) in [5.74, 6) is -1.78. The summed E-state index contributed by atoms with van der Waals surface area (Å²) in [6.07, 6.45) is 0.638. The summed E-state index contributed by atoms with van der Waals surface area (Å²) in [6.45, 7) is 9.17. The Bertz CT molecular complexity index is 393. The van der Waals surface area contributed by atoms with Gasteiger partial charge in [-0.25, -0.2) is 0 Å². The largest absolute Gasteiger partial charge is 0.457 e. The van der Waals surface area contributed by atoms with Crippen molar-refractivity contribution >= 4 is 5.97 Å². The lowest BCUT2D eigenvalue weighted by molar-refractivity contribution is -0.278. The number of methoxy groups -OCH3 is 1. The Hall–Kier alpha value is -0.910. The summed E-state index contributed by atoms with van der Waals surface area (Å²) in [5, 5.41) is 9.55. The molecule has 0 amide bonds. The molecule has 0 aliphatic carbocycles. The highest BCUT2D eigenvalue weighted by Crippen LogP contribution is 2.59. The maximum absolute atomic E-state index is 12.4. The Kier molecular flexibility index (Phi) is 3.49. The number of esters is 1. The first-order chi connectivity index (χ1) is 8.88. The van der Waals surface area contributed by atoms with Gasteiger partial charge in [-0.2, -0.15) is 0 Å². The number of ether oxygens (including phenoxy) is 3. The molecule has 2 rings (SSSR count). The van der Waals surface area contributed by atoms with Crippen LogP contribution in [0, 0.1) is 17.3 Å². The smallest absolute Gasteiger partial charge is 0.318 e. The van der Waals surface area contributed by atoms with Crippen molar-refractivity contribution in [3.05, 3.63) is 12.7 Å². The molecule has 108 valence electrons. The van der Waals surface area contributed by atoms with Crippen LogP contribution in [0.25, 0.3) is 0 Å². The van der Waals surface area contributed by atoms with Gasteiger partial charge < -0.3 is 19.3 Å². The molecule has 0 saturated carbocycles. The quantitative estimate of drug-likeness (QED) is 0.612. The van der Waals surface area contributed by atoms with Gasteiger partial charge in [0.05, 0.1) is 12.7 Å². The molecule has 0 aromatic heterocycles. The van der Waals surface area contributed by atoms with Crippen molar-refractivity contribution in [1.82, 2.24) is 0 Å². The van der Waals surface area contributed by atoms with Crippen molar-refractivity contribution < 1.29 is 24.1 Å². The van der Waals surface area contributed by atoms with Crippen LogP contribution in [0.3, 0.4) is 0 Å². The maximum Gasteiger partial charge on any atom is 0.318 e. The third kappa shape index (κ3) is 1.55. The minimum absolute atomic E-state index is 0.0577. The molecule has 2 saturated heterocycles. The van der Waals surface area contributed by atoms with Crippen molar-refractivity contribution in [3.63, 3.8) is 0 Å². The number of cyclic esters (lactones) is 1. The van der Waals surface area contributed by atoms with Gasteiger partial charge in [0.15, 0.2) is 5.79 Å². The number of fused-ring (bicyclic) bond motifs is 1. The van der Waals surface area contributed by atoms with E-state index in [2.05, 4.69) is 6.58 Å². The zero-order valence-corrected chi connectivity index (χ0v) is 11.9. The molecule has 1 N–H and O–H groups in total.